The van der Waals surface area contributed by atoms with E-state index in [1.54, 1.807) is 16.8 Å². The molecule has 2 heterocycles. The van der Waals surface area contributed by atoms with Crippen molar-refractivity contribution in [1.82, 2.24) is 25.1 Å². The maximum Gasteiger partial charge on any atom is 0.170 e. The van der Waals surface area contributed by atoms with Crippen molar-refractivity contribution in [3.05, 3.63) is 35.7 Å². The maximum absolute atomic E-state index is 8.83. The Bertz CT molecular complexity index is 624. The summed E-state index contributed by atoms with van der Waals surface area (Å²) in [5.74, 6) is 0.837. The van der Waals surface area contributed by atoms with Crippen molar-refractivity contribution < 1.29 is 0 Å². The second-order valence-electron chi connectivity index (χ2n) is 5.13. The molecule has 20 heavy (non-hydrogen) atoms. The maximum atomic E-state index is 8.83. The van der Waals surface area contributed by atoms with Gasteiger partial charge >= 0.3 is 0 Å². The zero-order valence-electron chi connectivity index (χ0n) is 11.4. The van der Waals surface area contributed by atoms with Crippen LogP contribution in [0.15, 0.2) is 24.3 Å². The normalized spacial score (nSPS) is 19.1. The van der Waals surface area contributed by atoms with Crippen LogP contribution >= 0.6 is 0 Å². The molecular formula is C14H16N6. The fraction of sp³-hybridized carbons (Fsp3) is 0.429. The third kappa shape index (κ3) is 2.40. The van der Waals surface area contributed by atoms with E-state index >= 15 is 0 Å². The third-order valence-electron chi connectivity index (χ3n) is 3.81. The van der Waals surface area contributed by atoms with E-state index in [4.69, 9.17) is 5.26 Å². The number of nitrogens with zero attached hydrogens (tertiary/aromatic N) is 6. The van der Waals surface area contributed by atoms with Gasteiger partial charge in [0.1, 0.15) is 0 Å². The Morgan fingerprint density at radius 1 is 1.35 bits per heavy atom. The molecule has 0 spiro atoms. The van der Waals surface area contributed by atoms with Crippen molar-refractivity contribution in [1.29, 1.82) is 5.26 Å². The van der Waals surface area contributed by atoms with Gasteiger partial charge in [0.2, 0.25) is 0 Å². The van der Waals surface area contributed by atoms with Crippen molar-refractivity contribution in [2.45, 2.75) is 32.4 Å². The summed E-state index contributed by atoms with van der Waals surface area (Å²) < 4.78 is 1.74. The first-order valence-corrected chi connectivity index (χ1v) is 6.80. The van der Waals surface area contributed by atoms with Crippen LogP contribution in [0.3, 0.4) is 0 Å². The molecule has 1 fully saturated rings. The van der Waals surface area contributed by atoms with Gasteiger partial charge in [-0.25, -0.2) is 0 Å². The molecule has 0 amide bonds. The summed E-state index contributed by atoms with van der Waals surface area (Å²) in [6, 6.07) is 9.98. The molecule has 1 aromatic heterocycles. The second kappa shape index (κ2) is 5.39. The Labute approximate surface area is 117 Å². The molecule has 0 aliphatic carbocycles. The molecule has 1 aliphatic rings. The predicted molar refractivity (Wildman–Crippen MR) is 73.0 cm³/mol. The van der Waals surface area contributed by atoms with Gasteiger partial charge in [-0.05, 0) is 61.0 Å². The molecular weight excluding hydrogens is 252 g/mol. The summed E-state index contributed by atoms with van der Waals surface area (Å²) in [7, 11) is 0. The van der Waals surface area contributed by atoms with Crippen LogP contribution in [0.4, 0.5) is 0 Å². The Morgan fingerprint density at radius 3 is 2.80 bits per heavy atom. The molecule has 6 nitrogen and oxygen atoms in total. The van der Waals surface area contributed by atoms with Crippen LogP contribution in [0.1, 0.15) is 31.2 Å². The van der Waals surface area contributed by atoms with Crippen molar-refractivity contribution >= 4 is 0 Å². The van der Waals surface area contributed by atoms with E-state index in [1.165, 1.54) is 12.8 Å². The van der Waals surface area contributed by atoms with E-state index < -0.39 is 0 Å². The lowest BCUT2D eigenvalue weighted by molar-refractivity contribution is 0.251. The highest BCUT2D eigenvalue weighted by Gasteiger charge is 2.22. The third-order valence-corrected chi connectivity index (χ3v) is 3.81. The molecule has 6 heteroatoms. The number of tetrazole rings is 1. The highest BCUT2D eigenvalue weighted by Crippen LogP contribution is 2.19. The van der Waals surface area contributed by atoms with Crippen LogP contribution < -0.4 is 0 Å². The molecule has 102 valence electrons. The minimum Gasteiger partial charge on any atom is -0.293 e. The summed E-state index contributed by atoms with van der Waals surface area (Å²) in [6.07, 6.45) is 2.47. The minimum atomic E-state index is 0.584. The number of rotatable bonds is 3. The van der Waals surface area contributed by atoms with Gasteiger partial charge in [-0.15, -0.1) is 5.10 Å². The van der Waals surface area contributed by atoms with Gasteiger partial charge in [-0.3, -0.25) is 4.90 Å². The Hall–Kier alpha value is -2.26. The first-order chi connectivity index (χ1) is 9.78. The Morgan fingerprint density at radius 2 is 2.15 bits per heavy atom. The van der Waals surface area contributed by atoms with Gasteiger partial charge in [-0.2, -0.15) is 9.94 Å². The van der Waals surface area contributed by atoms with Crippen LogP contribution in [0.25, 0.3) is 5.69 Å². The van der Waals surface area contributed by atoms with Gasteiger partial charge in [0, 0.05) is 6.04 Å². The lowest BCUT2D eigenvalue weighted by Gasteiger charge is -2.19. The van der Waals surface area contributed by atoms with E-state index in [0.717, 1.165) is 24.6 Å². The van der Waals surface area contributed by atoms with Crippen molar-refractivity contribution in [3.63, 3.8) is 0 Å². The first-order valence-electron chi connectivity index (χ1n) is 6.80. The summed E-state index contributed by atoms with van der Waals surface area (Å²) >= 11 is 0. The monoisotopic (exact) mass is 268 g/mol. The lowest BCUT2D eigenvalue weighted by atomic mass is 10.2. The summed E-state index contributed by atoms with van der Waals surface area (Å²) in [5.41, 5.74) is 1.52. The van der Waals surface area contributed by atoms with E-state index in [9.17, 15) is 0 Å². The van der Waals surface area contributed by atoms with E-state index in [1.807, 2.05) is 12.1 Å². The van der Waals surface area contributed by atoms with Crippen LogP contribution in [0, 0.1) is 11.3 Å². The van der Waals surface area contributed by atoms with Crippen LogP contribution in [-0.4, -0.2) is 37.7 Å². The van der Waals surface area contributed by atoms with Crippen LogP contribution in [-0.2, 0) is 6.54 Å². The molecule has 1 atom stereocenters. The van der Waals surface area contributed by atoms with E-state index in [2.05, 4.69) is 33.4 Å². The number of likely N-dealkylation sites (tertiary alicyclic amines) is 1. The molecule has 0 saturated carbocycles. The topological polar surface area (TPSA) is 70.6 Å². The van der Waals surface area contributed by atoms with Crippen LogP contribution in [0.2, 0.25) is 0 Å². The summed E-state index contributed by atoms with van der Waals surface area (Å²) in [4.78, 5) is 2.39. The average Bonchev–Trinajstić information content (AvgIpc) is 3.09. The summed E-state index contributed by atoms with van der Waals surface area (Å²) in [5, 5.41) is 20.8. The Balaban J connectivity index is 1.84. The molecule has 0 bridgehead atoms. The summed E-state index contributed by atoms with van der Waals surface area (Å²) in [6.45, 7) is 4.10. The van der Waals surface area contributed by atoms with E-state index in [0.29, 0.717) is 11.6 Å². The second-order valence-corrected chi connectivity index (χ2v) is 5.13. The number of aromatic nitrogens is 4. The zero-order chi connectivity index (χ0) is 13.9. The minimum absolute atomic E-state index is 0.584. The predicted octanol–water partition coefficient (Wildman–Crippen LogP) is 1.52. The van der Waals surface area contributed by atoms with Gasteiger partial charge in [0.05, 0.1) is 23.9 Å². The highest BCUT2D eigenvalue weighted by molar-refractivity contribution is 5.38. The fourth-order valence-electron chi connectivity index (χ4n) is 2.59. The van der Waals surface area contributed by atoms with E-state index in [-0.39, 0.29) is 0 Å². The lowest BCUT2D eigenvalue weighted by Crippen LogP contribution is -2.27. The Kier molecular flexibility index (Phi) is 3.44. The molecule has 1 aliphatic heterocycles. The molecule has 0 radical (unpaired) electrons. The largest absolute Gasteiger partial charge is 0.293 e. The average molecular weight is 268 g/mol. The van der Waals surface area contributed by atoms with Crippen molar-refractivity contribution in [2.24, 2.45) is 0 Å². The van der Waals surface area contributed by atoms with Crippen molar-refractivity contribution in [2.75, 3.05) is 6.54 Å². The molecule has 1 unspecified atom stereocenters. The zero-order valence-corrected chi connectivity index (χ0v) is 11.4. The van der Waals surface area contributed by atoms with Gasteiger partial charge in [0.25, 0.3) is 0 Å². The first kappa shape index (κ1) is 12.8. The number of hydrogen-bond donors (Lipinski definition) is 0. The fourth-order valence-corrected chi connectivity index (χ4v) is 2.59. The standard InChI is InChI=1S/C14H16N6/c1-11-3-2-8-19(11)10-14-16-17-18-20(14)13-6-4-12(9-15)5-7-13/h4-7,11H,2-3,8,10H2,1H3. The quantitative estimate of drug-likeness (QED) is 0.844. The van der Waals surface area contributed by atoms with Gasteiger partial charge < -0.3 is 0 Å². The molecule has 3 rings (SSSR count). The molecule has 0 N–H and O–H groups in total. The smallest absolute Gasteiger partial charge is 0.170 e. The van der Waals surface area contributed by atoms with Gasteiger partial charge in [-0.1, -0.05) is 0 Å². The molecule has 1 aromatic carbocycles. The SMILES string of the molecule is CC1CCCN1Cc1nnnn1-c1ccc(C#N)cc1. The van der Waals surface area contributed by atoms with Gasteiger partial charge in [0.15, 0.2) is 5.82 Å². The highest BCUT2D eigenvalue weighted by atomic mass is 15.5. The van der Waals surface area contributed by atoms with Crippen molar-refractivity contribution in [3.8, 4) is 11.8 Å². The molecule has 1 saturated heterocycles. The van der Waals surface area contributed by atoms with Crippen LogP contribution in [0.5, 0.6) is 0 Å². The molecule has 2 aromatic rings. The number of hydrogen-bond acceptors (Lipinski definition) is 5. The number of benzene rings is 1. The number of nitriles is 1.